The topological polar surface area (TPSA) is 96.9 Å². The third-order valence-corrected chi connectivity index (χ3v) is 4.88. The van der Waals surface area contributed by atoms with E-state index in [1.54, 1.807) is 0 Å². The third-order valence-electron chi connectivity index (χ3n) is 4.88. The zero-order valence-electron chi connectivity index (χ0n) is 15.0. The molecule has 1 amide bonds. The summed E-state index contributed by atoms with van der Waals surface area (Å²) in [7, 11) is 0. The van der Waals surface area contributed by atoms with Crippen molar-refractivity contribution in [3.63, 3.8) is 0 Å². The second-order valence-electron chi connectivity index (χ2n) is 6.58. The van der Waals surface area contributed by atoms with Crippen molar-refractivity contribution in [1.82, 2.24) is 14.5 Å². The summed E-state index contributed by atoms with van der Waals surface area (Å²) in [5.74, 6) is 0.0352. The van der Waals surface area contributed by atoms with Crippen LogP contribution in [0.4, 0.5) is 0 Å². The number of amides is 1. The lowest BCUT2D eigenvalue weighted by Gasteiger charge is -2.16. The number of nitriles is 1. The number of unbranched alkanes of at least 4 members (excludes halogenated alkanes) is 1. The molecule has 0 saturated heterocycles. The van der Waals surface area contributed by atoms with Gasteiger partial charge in [0.1, 0.15) is 18.2 Å². The van der Waals surface area contributed by atoms with Crippen molar-refractivity contribution in [2.75, 3.05) is 6.54 Å². The molecule has 0 aromatic carbocycles. The molecule has 1 aromatic rings. The minimum atomic E-state index is -0.658. The minimum absolute atomic E-state index is 0.0146. The van der Waals surface area contributed by atoms with Crippen molar-refractivity contribution in [2.45, 2.75) is 65.5 Å². The third kappa shape index (κ3) is 4.19. The lowest BCUT2D eigenvalue weighted by Crippen LogP contribution is -2.45. The van der Waals surface area contributed by atoms with Crippen molar-refractivity contribution in [2.24, 2.45) is 5.92 Å². The van der Waals surface area contributed by atoms with Gasteiger partial charge in [0.2, 0.25) is 5.91 Å². The summed E-state index contributed by atoms with van der Waals surface area (Å²) in [6.45, 7) is 4.91. The molecule has 0 unspecified atom stereocenters. The Kier molecular flexibility index (Phi) is 6.57. The molecule has 7 heteroatoms. The highest BCUT2D eigenvalue weighted by Crippen LogP contribution is 2.13. The summed E-state index contributed by atoms with van der Waals surface area (Å²) in [6.07, 6.45) is 5.53. The Balaban J connectivity index is 2.13. The summed E-state index contributed by atoms with van der Waals surface area (Å²) in [4.78, 5) is 37.1. The van der Waals surface area contributed by atoms with Crippen LogP contribution in [0.1, 0.15) is 57.2 Å². The molecule has 0 bridgehead atoms. The molecule has 0 saturated carbocycles. The van der Waals surface area contributed by atoms with Gasteiger partial charge in [-0.15, -0.1) is 0 Å². The van der Waals surface area contributed by atoms with Crippen LogP contribution in [0.25, 0.3) is 0 Å². The van der Waals surface area contributed by atoms with Gasteiger partial charge in [-0.2, -0.15) is 5.26 Å². The normalized spacial score (nSPS) is 14.0. The summed E-state index contributed by atoms with van der Waals surface area (Å²) >= 11 is 0. The minimum Gasteiger partial charge on any atom is -0.354 e. The molecule has 1 atom stereocenters. The lowest BCUT2D eigenvalue weighted by molar-refractivity contribution is -0.122. The number of aromatic nitrogens is 2. The molecule has 7 nitrogen and oxygen atoms in total. The van der Waals surface area contributed by atoms with E-state index in [9.17, 15) is 19.6 Å². The van der Waals surface area contributed by atoms with Crippen molar-refractivity contribution in [3.05, 3.63) is 32.1 Å². The maximum atomic E-state index is 12.5. The Labute approximate surface area is 147 Å². The van der Waals surface area contributed by atoms with Crippen LogP contribution in [0, 0.1) is 17.2 Å². The predicted octanol–water partition coefficient (Wildman–Crippen LogP) is 1.16. The van der Waals surface area contributed by atoms with Gasteiger partial charge in [-0.3, -0.25) is 14.2 Å². The summed E-state index contributed by atoms with van der Waals surface area (Å²) in [6, 6.07) is 1.89. The molecule has 2 heterocycles. The first-order valence-electron chi connectivity index (χ1n) is 9.06. The highest BCUT2D eigenvalue weighted by molar-refractivity contribution is 5.75. The molecule has 136 valence electrons. The van der Waals surface area contributed by atoms with Crippen LogP contribution in [0.2, 0.25) is 0 Å². The maximum absolute atomic E-state index is 12.5. The number of rotatable bonds is 8. The molecule has 0 aliphatic carbocycles. The first-order chi connectivity index (χ1) is 12.0. The summed E-state index contributed by atoms with van der Waals surface area (Å²) in [5.41, 5.74) is -0.669. The largest absolute Gasteiger partial charge is 0.354 e. The Morgan fingerprint density at radius 1 is 1.36 bits per heavy atom. The van der Waals surface area contributed by atoms with Gasteiger partial charge in [0.25, 0.3) is 5.56 Å². The molecule has 2 rings (SSSR count). The van der Waals surface area contributed by atoms with Gasteiger partial charge < -0.3 is 5.32 Å². The molecular formula is C18H26N4O3. The van der Waals surface area contributed by atoms with Crippen LogP contribution in [-0.2, 0) is 24.3 Å². The van der Waals surface area contributed by atoms with Crippen LogP contribution in [-0.4, -0.2) is 21.6 Å². The van der Waals surface area contributed by atoms with E-state index in [-0.39, 0.29) is 18.0 Å². The Morgan fingerprint density at radius 3 is 2.76 bits per heavy atom. The van der Waals surface area contributed by atoms with Crippen LogP contribution in [0.5, 0.6) is 0 Å². The second kappa shape index (κ2) is 8.65. The number of nitrogens with zero attached hydrogens (tertiary/aromatic N) is 3. The summed E-state index contributed by atoms with van der Waals surface area (Å²) < 4.78 is 2.33. The van der Waals surface area contributed by atoms with E-state index in [1.807, 2.05) is 6.07 Å². The van der Waals surface area contributed by atoms with Gasteiger partial charge in [-0.05, 0) is 25.2 Å². The quantitative estimate of drug-likeness (QED) is 0.764. The van der Waals surface area contributed by atoms with Crippen molar-refractivity contribution < 1.29 is 4.79 Å². The number of hydrogen-bond acceptors (Lipinski definition) is 4. The monoisotopic (exact) mass is 346 g/mol. The second-order valence-corrected chi connectivity index (χ2v) is 6.58. The maximum Gasteiger partial charge on any atom is 0.331 e. The van der Waals surface area contributed by atoms with Gasteiger partial charge in [0.15, 0.2) is 0 Å². The van der Waals surface area contributed by atoms with E-state index in [1.165, 1.54) is 4.57 Å². The molecule has 1 aliphatic heterocycles. The number of carbonyl (C=O) groups excluding carboxylic acids is 1. The van der Waals surface area contributed by atoms with Crippen LogP contribution >= 0.6 is 0 Å². The van der Waals surface area contributed by atoms with Gasteiger partial charge in [-0.1, -0.05) is 33.1 Å². The number of fused-ring (bicyclic) bond motifs is 1. The van der Waals surface area contributed by atoms with E-state index in [0.717, 1.165) is 36.7 Å². The SMILES string of the molecule is CCCC[C@@H](CC)CNC(=O)Cn1c(=O)c(C#N)c2n(c1=O)CCC2. The average molecular weight is 346 g/mol. The predicted molar refractivity (Wildman–Crippen MR) is 94.3 cm³/mol. The number of carbonyl (C=O) groups is 1. The molecule has 25 heavy (non-hydrogen) atoms. The smallest absolute Gasteiger partial charge is 0.331 e. The standard InChI is InChI=1S/C18H26N4O3/c1-3-5-7-13(4-2)11-20-16(23)12-22-17(24)14(10-19)15-8-6-9-21(15)18(22)25/h13H,3-9,11-12H2,1-2H3,(H,20,23)/t13-/m1/s1. The van der Waals surface area contributed by atoms with Gasteiger partial charge >= 0.3 is 5.69 Å². The Bertz CT molecular complexity index is 785. The molecule has 1 aromatic heterocycles. The lowest BCUT2D eigenvalue weighted by atomic mass is 9.99. The molecule has 1 aliphatic rings. The van der Waals surface area contributed by atoms with E-state index >= 15 is 0 Å². The first-order valence-corrected chi connectivity index (χ1v) is 9.06. The van der Waals surface area contributed by atoms with Crippen molar-refractivity contribution >= 4 is 5.91 Å². The van der Waals surface area contributed by atoms with Crippen LogP contribution < -0.4 is 16.6 Å². The fraction of sp³-hybridized carbons (Fsp3) is 0.667. The van der Waals surface area contributed by atoms with E-state index in [0.29, 0.717) is 31.1 Å². The Morgan fingerprint density at radius 2 is 2.12 bits per heavy atom. The van der Waals surface area contributed by atoms with Crippen LogP contribution in [0.15, 0.2) is 9.59 Å². The fourth-order valence-electron chi connectivity index (χ4n) is 3.29. The van der Waals surface area contributed by atoms with E-state index in [2.05, 4.69) is 19.2 Å². The van der Waals surface area contributed by atoms with E-state index < -0.39 is 11.2 Å². The summed E-state index contributed by atoms with van der Waals surface area (Å²) in [5, 5.41) is 12.1. The molecule has 0 radical (unpaired) electrons. The molecule has 0 spiro atoms. The molecular weight excluding hydrogens is 320 g/mol. The zero-order valence-corrected chi connectivity index (χ0v) is 15.0. The highest BCUT2D eigenvalue weighted by atomic mass is 16.2. The first kappa shape index (κ1) is 19.0. The van der Waals surface area contributed by atoms with Crippen LogP contribution in [0.3, 0.4) is 0 Å². The van der Waals surface area contributed by atoms with Gasteiger partial charge in [-0.25, -0.2) is 9.36 Å². The number of hydrogen-bond donors (Lipinski definition) is 1. The van der Waals surface area contributed by atoms with Crippen molar-refractivity contribution in [1.29, 1.82) is 5.26 Å². The molecule has 1 N–H and O–H groups in total. The molecule has 0 fully saturated rings. The zero-order chi connectivity index (χ0) is 18.4. The highest BCUT2D eigenvalue weighted by Gasteiger charge is 2.23. The number of nitrogens with one attached hydrogen (secondary N) is 1. The average Bonchev–Trinajstić information content (AvgIpc) is 3.09. The van der Waals surface area contributed by atoms with Gasteiger partial charge in [0.05, 0.1) is 0 Å². The fourth-order valence-corrected chi connectivity index (χ4v) is 3.29. The van der Waals surface area contributed by atoms with Gasteiger partial charge in [0, 0.05) is 18.8 Å². The Hall–Kier alpha value is -2.36. The van der Waals surface area contributed by atoms with Crippen molar-refractivity contribution in [3.8, 4) is 6.07 Å². The van der Waals surface area contributed by atoms with E-state index in [4.69, 9.17) is 0 Å².